The maximum absolute atomic E-state index is 12.5. The third kappa shape index (κ3) is 5.46. The minimum absolute atomic E-state index is 0.179. The third-order valence-corrected chi connectivity index (χ3v) is 4.63. The molecule has 0 saturated heterocycles. The van der Waals surface area contributed by atoms with E-state index in [9.17, 15) is 9.59 Å². The first-order chi connectivity index (χ1) is 11.0. The lowest BCUT2D eigenvalue weighted by atomic mass is 10.1. The Labute approximate surface area is 147 Å². The van der Waals surface area contributed by atoms with E-state index in [1.807, 2.05) is 0 Å². The van der Waals surface area contributed by atoms with E-state index in [-0.39, 0.29) is 11.7 Å². The number of hydrogen-bond donors (Lipinski definition) is 2. The van der Waals surface area contributed by atoms with Crippen molar-refractivity contribution >= 4 is 52.5 Å². The number of rotatable bonds is 6. The molecule has 1 atom stereocenters. The van der Waals surface area contributed by atoms with Gasteiger partial charge in [0.2, 0.25) is 5.91 Å². The fourth-order valence-corrected chi connectivity index (χ4v) is 2.98. The van der Waals surface area contributed by atoms with Crippen LogP contribution in [0.3, 0.4) is 0 Å². The Morgan fingerprint density at radius 1 is 1.00 bits per heavy atom. The van der Waals surface area contributed by atoms with E-state index in [2.05, 4.69) is 5.32 Å². The first-order valence-electron chi connectivity index (χ1n) is 6.61. The standard InChI is InChI=1S/C16H13Cl2NO3S/c17-11-3-1-10(2-4-11)15(23-9-14(20)21)16(22)19-13-7-5-12(18)6-8-13/h1-8,15H,9H2,(H,19,22)(H,20,21)/t15-/m1/s1. The van der Waals surface area contributed by atoms with Crippen molar-refractivity contribution in [1.82, 2.24) is 0 Å². The second-order valence-corrected chi connectivity index (χ2v) is 6.60. The van der Waals surface area contributed by atoms with Crippen LogP contribution >= 0.6 is 35.0 Å². The number of benzene rings is 2. The molecule has 0 spiro atoms. The molecule has 2 N–H and O–H groups in total. The van der Waals surface area contributed by atoms with Crippen LogP contribution in [0.4, 0.5) is 5.69 Å². The van der Waals surface area contributed by atoms with Crippen molar-refractivity contribution in [3.63, 3.8) is 0 Å². The number of carbonyl (C=O) groups excluding carboxylic acids is 1. The molecule has 1 amide bonds. The second kappa shape index (κ2) is 8.24. The molecule has 0 radical (unpaired) electrons. The summed E-state index contributed by atoms with van der Waals surface area (Å²) in [7, 11) is 0. The number of thioether (sulfide) groups is 1. The van der Waals surface area contributed by atoms with Gasteiger partial charge in [0.05, 0.1) is 5.75 Å². The van der Waals surface area contributed by atoms with Crippen LogP contribution in [-0.2, 0) is 9.59 Å². The normalized spacial score (nSPS) is 11.7. The topological polar surface area (TPSA) is 66.4 Å². The van der Waals surface area contributed by atoms with E-state index in [0.717, 1.165) is 11.8 Å². The molecule has 0 unspecified atom stereocenters. The number of aliphatic carboxylic acids is 1. The molecule has 23 heavy (non-hydrogen) atoms. The summed E-state index contributed by atoms with van der Waals surface area (Å²) in [6.45, 7) is 0. The Kier molecular flexibility index (Phi) is 6.33. The third-order valence-electron chi connectivity index (χ3n) is 2.90. The highest BCUT2D eigenvalue weighted by Gasteiger charge is 2.22. The minimum Gasteiger partial charge on any atom is -0.481 e. The average Bonchev–Trinajstić information content (AvgIpc) is 2.51. The predicted octanol–water partition coefficient (Wildman–Crippen LogP) is 4.49. The van der Waals surface area contributed by atoms with Gasteiger partial charge in [0.25, 0.3) is 0 Å². The van der Waals surface area contributed by atoms with Crippen molar-refractivity contribution in [2.24, 2.45) is 0 Å². The minimum atomic E-state index is -0.978. The lowest BCUT2D eigenvalue weighted by Gasteiger charge is -2.16. The zero-order chi connectivity index (χ0) is 16.8. The molecule has 4 nitrogen and oxygen atoms in total. The van der Waals surface area contributed by atoms with Gasteiger partial charge in [-0.2, -0.15) is 0 Å². The van der Waals surface area contributed by atoms with Crippen LogP contribution in [0.15, 0.2) is 48.5 Å². The van der Waals surface area contributed by atoms with Gasteiger partial charge in [-0.15, -0.1) is 11.8 Å². The molecular formula is C16H13Cl2NO3S. The smallest absolute Gasteiger partial charge is 0.313 e. The number of carbonyl (C=O) groups is 2. The molecule has 0 heterocycles. The van der Waals surface area contributed by atoms with E-state index >= 15 is 0 Å². The number of carboxylic acid groups (broad SMARTS) is 1. The fourth-order valence-electron chi connectivity index (χ4n) is 1.86. The highest BCUT2D eigenvalue weighted by Crippen LogP contribution is 2.31. The number of amides is 1. The first-order valence-corrected chi connectivity index (χ1v) is 8.41. The van der Waals surface area contributed by atoms with E-state index in [0.29, 0.717) is 21.3 Å². The molecule has 7 heteroatoms. The van der Waals surface area contributed by atoms with Crippen molar-refractivity contribution in [3.8, 4) is 0 Å². The van der Waals surface area contributed by atoms with Crippen LogP contribution in [-0.4, -0.2) is 22.7 Å². The monoisotopic (exact) mass is 369 g/mol. The Bertz CT molecular complexity index is 689. The van der Waals surface area contributed by atoms with Crippen LogP contribution in [0.25, 0.3) is 0 Å². The number of hydrogen-bond acceptors (Lipinski definition) is 3. The van der Waals surface area contributed by atoms with Gasteiger partial charge in [0, 0.05) is 15.7 Å². The van der Waals surface area contributed by atoms with Crippen molar-refractivity contribution in [2.45, 2.75) is 5.25 Å². The summed E-state index contributed by atoms with van der Waals surface area (Å²) in [5, 5.41) is 12.1. The van der Waals surface area contributed by atoms with Crippen molar-refractivity contribution in [3.05, 3.63) is 64.1 Å². The van der Waals surface area contributed by atoms with Crippen LogP contribution in [0.5, 0.6) is 0 Å². The molecule has 0 fully saturated rings. The van der Waals surface area contributed by atoms with Gasteiger partial charge in [-0.3, -0.25) is 9.59 Å². The molecule has 0 aromatic heterocycles. The summed E-state index contributed by atoms with van der Waals surface area (Å²) in [4.78, 5) is 23.3. The molecule has 0 aliphatic rings. The number of carboxylic acids is 1. The molecule has 2 rings (SSSR count). The van der Waals surface area contributed by atoms with E-state index in [1.54, 1.807) is 48.5 Å². The fraction of sp³-hybridized carbons (Fsp3) is 0.125. The number of halogens is 2. The molecule has 120 valence electrons. The molecular weight excluding hydrogens is 357 g/mol. The first kappa shape index (κ1) is 17.7. The van der Waals surface area contributed by atoms with Gasteiger partial charge in [0.15, 0.2) is 0 Å². The van der Waals surface area contributed by atoms with Gasteiger partial charge in [0.1, 0.15) is 5.25 Å². The summed E-state index contributed by atoms with van der Waals surface area (Å²) in [5.41, 5.74) is 1.28. The van der Waals surface area contributed by atoms with Crippen LogP contribution in [0, 0.1) is 0 Å². The summed E-state index contributed by atoms with van der Waals surface area (Å²) < 4.78 is 0. The molecule has 0 saturated carbocycles. The Morgan fingerprint density at radius 3 is 2.04 bits per heavy atom. The lowest BCUT2D eigenvalue weighted by Crippen LogP contribution is -2.20. The molecule has 2 aromatic rings. The zero-order valence-electron chi connectivity index (χ0n) is 11.8. The largest absolute Gasteiger partial charge is 0.481 e. The van der Waals surface area contributed by atoms with E-state index in [1.165, 1.54) is 0 Å². The summed E-state index contributed by atoms with van der Waals surface area (Å²) in [6.07, 6.45) is 0. The zero-order valence-corrected chi connectivity index (χ0v) is 14.2. The van der Waals surface area contributed by atoms with Crippen molar-refractivity contribution in [1.29, 1.82) is 0 Å². The van der Waals surface area contributed by atoms with Crippen LogP contribution in [0.2, 0.25) is 10.0 Å². The Balaban J connectivity index is 2.17. The lowest BCUT2D eigenvalue weighted by molar-refractivity contribution is -0.133. The Hall–Kier alpha value is -1.69. The van der Waals surface area contributed by atoms with E-state index in [4.69, 9.17) is 28.3 Å². The highest BCUT2D eigenvalue weighted by molar-refractivity contribution is 8.00. The van der Waals surface area contributed by atoms with Gasteiger partial charge < -0.3 is 10.4 Å². The molecule has 2 aromatic carbocycles. The SMILES string of the molecule is O=C(O)CS[C@@H](C(=O)Nc1ccc(Cl)cc1)c1ccc(Cl)cc1. The van der Waals surface area contributed by atoms with Gasteiger partial charge >= 0.3 is 5.97 Å². The quantitative estimate of drug-likeness (QED) is 0.786. The summed E-state index contributed by atoms with van der Waals surface area (Å²) >= 11 is 12.7. The second-order valence-electron chi connectivity index (χ2n) is 4.63. The van der Waals surface area contributed by atoms with Gasteiger partial charge in [-0.05, 0) is 42.0 Å². The van der Waals surface area contributed by atoms with Crippen molar-refractivity contribution < 1.29 is 14.7 Å². The van der Waals surface area contributed by atoms with Crippen LogP contribution < -0.4 is 5.32 Å². The highest BCUT2D eigenvalue weighted by atomic mass is 35.5. The van der Waals surface area contributed by atoms with Gasteiger partial charge in [-0.25, -0.2) is 0 Å². The summed E-state index contributed by atoms with van der Waals surface area (Å²) in [5.74, 6) is -1.46. The van der Waals surface area contributed by atoms with Gasteiger partial charge in [-0.1, -0.05) is 35.3 Å². The van der Waals surface area contributed by atoms with Crippen molar-refractivity contribution in [2.75, 3.05) is 11.1 Å². The average molecular weight is 370 g/mol. The molecule has 0 aliphatic carbocycles. The number of nitrogens with one attached hydrogen (secondary N) is 1. The Morgan fingerprint density at radius 2 is 1.52 bits per heavy atom. The molecule has 0 aliphatic heterocycles. The predicted molar refractivity (Wildman–Crippen MR) is 94.4 cm³/mol. The maximum Gasteiger partial charge on any atom is 0.313 e. The number of anilines is 1. The summed E-state index contributed by atoms with van der Waals surface area (Å²) in [6, 6.07) is 13.5. The maximum atomic E-state index is 12.5. The molecule has 0 bridgehead atoms. The van der Waals surface area contributed by atoms with Crippen LogP contribution in [0.1, 0.15) is 10.8 Å². The van der Waals surface area contributed by atoms with E-state index < -0.39 is 11.2 Å².